The third-order valence-corrected chi connectivity index (χ3v) is 4.94. The number of likely N-dealkylation sites (N-methyl/N-ethyl adjacent to an activating group) is 1. The monoisotopic (exact) mass is 433 g/mol. The molecule has 2 heterocycles. The Morgan fingerprint density at radius 2 is 1.53 bits per heavy atom. The summed E-state index contributed by atoms with van der Waals surface area (Å²) in [5, 5.41) is 25.1. The molecule has 4 rings (SSSR count). The van der Waals surface area contributed by atoms with E-state index in [0.717, 1.165) is 31.9 Å². The van der Waals surface area contributed by atoms with Crippen molar-refractivity contribution < 1.29 is 4.92 Å². The van der Waals surface area contributed by atoms with Crippen LogP contribution in [0.3, 0.4) is 0 Å². The molecule has 32 heavy (non-hydrogen) atoms. The molecule has 1 aromatic heterocycles. The average Bonchev–Trinajstić information content (AvgIpc) is 2.81. The van der Waals surface area contributed by atoms with Crippen molar-refractivity contribution in [3.05, 3.63) is 71.0 Å². The predicted octanol–water partition coefficient (Wildman–Crippen LogP) is 4.12. The molecule has 0 unspecified atom stereocenters. The topological polar surface area (TPSA) is 124 Å². The minimum absolute atomic E-state index is 0.111. The second kappa shape index (κ2) is 9.90. The lowest BCUT2D eigenvalue weighted by atomic mass is 10.3. The number of rotatable bonds is 7. The first kappa shape index (κ1) is 21.3. The Morgan fingerprint density at radius 1 is 0.906 bits per heavy atom. The summed E-state index contributed by atoms with van der Waals surface area (Å²) in [6.07, 6.45) is 1.30. The Labute approximate surface area is 184 Å². The molecule has 1 aliphatic rings. The van der Waals surface area contributed by atoms with Gasteiger partial charge in [-0.1, -0.05) is 18.2 Å². The van der Waals surface area contributed by atoms with Crippen LogP contribution < -0.4 is 10.7 Å². The van der Waals surface area contributed by atoms with Crippen molar-refractivity contribution in [2.24, 2.45) is 10.2 Å². The van der Waals surface area contributed by atoms with Crippen LogP contribution in [0, 0.1) is 10.1 Å². The van der Waals surface area contributed by atoms with Gasteiger partial charge in [0.15, 0.2) is 0 Å². The first-order chi connectivity index (χ1) is 15.6. The van der Waals surface area contributed by atoms with E-state index in [0.29, 0.717) is 11.4 Å². The summed E-state index contributed by atoms with van der Waals surface area (Å²) in [6, 6.07) is 16.5. The summed E-state index contributed by atoms with van der Waals surface area (Å²) in [6.45, 7) is 3.20. The summed E-state index contributed by atoms with van der Waals surface area (Å²) >= 11 is 0. The number of aromatic nitrogens is 2. The molecular formula is C21H23N9O2. The molecule has 0 amide bonds. The molecule has 1 fully saturated rings. The van der Waals surface area contributed by atoms with Gasteiger partial charge in [-0.15, -0.1) is 0 Å². The molecule has 0 bridgehead atoms. The van der Waals surface area contributed by atoms with E-state index in [9.17, 15) is 10.1 Å². The molecule has 0 aliphatic carbocycles. The van der Waals surface area contributed by atoms with E-state index in [-0.39, 0.29) is 17.3 Å². The van der Waals surface area contributed by atoms with Gasteiger partial charge < -0.3 is 10.2 Å². The van der Waals surface area contributed by atoms with Crippen molar-refractivity contribution in [3.8, 4) is 0 Å². The van der Waals surface area contributed by atoms with Gasteiger partial charge >= 0.3 is 5.69 Å². The standard InChI is InChI=1S/C21H23N9O2/c1-28-11-13-29(14-12-28)27-21-19(30(31)32)20(22-15-23-21)24-16-7-9-18(10-8-16)26-25-17-5-3-2-4-6-17/h2-10,15H,11-14H2,1H3,(H2,22,23,24,27). The van der Waals surface area contributed by atoms with Gasteiger partial charge in [0.25, 0.3) is 0 Å². The summed E-state index contributed by atoms with van der Waals surface area (Å²) < 4.78 is 0. The molecule has 0 radical (unpaired) electrons. The number of hydrogen-bond acceptors (Lipinski definition) is 10. The van der Waals surface area contributed by atoms with Crippen LogP contribution in [0.4, 0.5) is 34.4 Å². The third-order valence-electron chi connectivity index (χ3n) is 4.94. The number of hydrogen-bond donors (Lipinski definition) is 2. The minimum atomic E-state index is -0.483. The molecule has 3 aromatic rings. The Morgan fingerprint density at radius 3 is 2.19 bits per heavy atom. The van der Waals surface area contributed by atoms with Crippen LogP contribution in [0.5, 0.6) is 0 Å². The third kappa shape index (κ3) is 5.39. The number of hydrazine groups is 1. The van der Waals surface area contributed by atoms with Gasteiger partial charge in [0.1, 0.15) is 6.33 Å². The van der Waals surface area contributed by atoms with E-state index in [1.807, 2.05) is 42.4 Å². The van der Waals surface area contributed by atoms with E-state index in [2.05, 4.69) is 35.8 Å². The zero-order valence-electron chi connectivity index (χ0n) is 17.5. The molecule has 11 nitrogen and oxygen atoms in total. The summed E-state index contributed by atoms with van der Waals surface area (Å²) in [7, 11) is 2.04. The lowest BCUT2D eigenvalue weighted by Gasteiger charge is -2.32. The van der Waals surface area contributed by atoms with E-state index in [1.54, 1.807) is 24.3 Å². The van der Waals surface area contributed by atoms with Gasteiger partial charge in [0, 0.05) is 31.9 Å². The largest absolute Gasteiger partial charge is 0.354 e. The first-order valence-corrected chi connectivity index (χ1v) is 10.1. The normalized spacial score (nSPS) is 15.0. The SMILES string of the molecule is CN1CCN(Nc2ncnc(Nc3ccc(N=Nc4ccccc4)cc3)c2[N+](=O)[O-])CC1. The van der Waals surface area contributed by atoms with Crippen LogP contribution in [0.2, 0.25) is 0 Å². The molecule has 2 aromatic carbocycles. The van der Waals surface area contributed by atoms with Crippen LogP contribution in [0.25, 0.3) is 0 Å². The zero-order chi connectivity index (χ0) is 22.3. The van der Waals surface area contributed by atoms with Crippen molar-refractivity contribution >= 4 is 34.4 Å². The Kier molecular flexibility index (Phi) is 6.58. The van der Waals surface area contributed by atoms with Crippen molar-refractivity contribution in [2.75, 3.05) is 44.0 Å². The highest BCUT2D eigenvalue weighted by Gasteiger charge is 2.25. The van der Waals surface area contributed by atoms with Crippen LogP contribution in [0.1, 0.15) is 0 Å². The maximum Gasteiger partial charge on any atom is 0.354 e. The molecule has 1 saturated heterocycles. The molecular weight excluding hydrogens is 410 g/mol. The van der Waals surface area contributed by atoms with Crippen molar-refractivity contribution in [3.63, 3.8) is 0 Å². The van der Waals surface area contributed by atoms with Gasteiger partial charge in [-0.05, 0) is 43.4 Å². The number of nitrogens with zero attached hydrogens (tertiary/aromatic N) is 7. The molecule has 164 valence electrons. The molecule has 0 spiro atoms. The number of azo groups is 1. The van der Waals surface area contributed by atoms with Crippen molar-refractivity contribution in [2.45, 2.75) is 0 Å². The summed E-state index contributed by atoms with van der Waals surface area (Å²) in [4.78, 5) is 21.7. The van der Waals surface area contributed by atoms with Gasteiger partial charge in [0.05, 0.1) is 16.3 Å². The molecule has 1 aliphatic heterocycles. The maximum absolute atomic E-state index is 11.8. The van der Waals surface area contributed by atoms with E-state index in [1.165, 1.54) is 6.33 Å². The Hall–Kier alpha value is -3.96. The fourth-order valence-electron chi connectivity index (χ4n) is 3.15. The fourth-order valence-corrected chi connectivity index (χ4v) is 3.15. The number of anilines is 3. The number of piperazine rings is 1. The van der Waals surface area contributed by atoms with Gasteiger partial charge in [-0.3, -0.25) is 15.5 Å². The van der Waals surface area contributed by atoms with Crippen molar-refractivity contribution in [1.82, 2.24) is 19.9 Å². The predicted molar refractivity (Wildman–Crippen MR) is 122 cm³/mol. The highest BCUT2D eigenvalue weighted by molar-refractivity contribution is 5.73. The maximum atomic E-state index is 11.8. The minimum Gasteiger partial charge on any atom is -0.334 e. The first-order valence-electron chi connectivity index (χ1n) is 10.1. The number of benzene rings is 2. The van der Waals surface area contributed by atoms with Gasteiger partial charge in [-0.2, -0.15) is 10.2 Å². The molecule has 11 heteroatoms. The van der Waals surface area contributed by atoms with Crippen LogP contribution >= 0.6 is 0 Å². The van der Waals surface area contributed by atoms with E-state index < -0.39 is 4.92 Å². The van der Waals surface area contributed by atoms with Crippen LogP contribution in [-0.2, 0) is 0 Å². The van der Waals surface area contributed by atoms with Crippen molar-refractivity contribution in [1.29, 1.82) is 0 Å². The van der Waals surface area contributed by atoms with E-state index >= 15 is 0 Å². The molecule has 2 N–H and O–H groups in total. The zero-order valence-corrected chi connectivity index (χ0v) is 17.5. The quantitative estimate of drug-likeness (QED) is 0.324. The van der Waals surface area contributed by atoms with Crippen LogP contribution in [-0.4, -0.2) is 58.0 Å². The molecule has 0 atom stereocenters. The summed E-state index contributed by atoms with van der Waals surface area (Å²) in [5.41, 5.74) is 4.91. The highest BCUT2D eigenvalue weighted by Crippen LogP contribution is 2.32. The average molecular weight is 433 g/mol. The van der Waals surface area contributed by atoms with Gasteiger partial charge in [0.2, 0.25) is 11.6 Å². The lowest BCUT2D eigenvalue weighted by molar-refractivity contribution is -0.383. The Bertz CT molecular complexity index is 1080. The highest BCUT2D eigenvalue weighted by atomic mass is 16.6. The van der Waals surface area contributed by atoms with Crippen LogP contribution in [0.15, 0.2) is 71.2 Å². The van der Waals surface area contributed by atoms with Gasteiger partial charge in [-0.25, -0.2) is 15.0 Å². The number of nitro groups is 1. The second-order valence-electron chi connectivity index (χ2n) is 7.29. The molecule has 0 saturated carbocycles. The van der Waals surface area contributed by atoms with E-state index in [4.69, 9.17) is 0 Å². The smallest absolute Gasteiger partial charge is 0.334 e. The fraction of sp³-hybridized carbons (Fsp3) is 0.238. The summed E-state index contributed by atoms with van der Waals surface area (Å²) in [5.74, 6) is 0.269. The second-order valence-corrected chi connectivity index (χ2v) is 7.29. The lowest BCUT2D eigenvalue weighted by Crippen LogP contribution is -2.47. The number of nitrogens with one attached hydrogen (secondary N) is 2. The Balaban J connectivity index is 1.48.